The van der Waals surface area contributed by atoms with Crippen LogP contribution in [0.1, 0.15) is 123 Å². The van der Waals surface area contributed by atoms with Gasteiger partial charge in [0.1, 0.15) is 10.8 Å². The van der Waals surface area contributed by atoms with E-state index in [4.69, 9.17) is 16.3 Å². The van der Waals surface area contributed by atoms with E-state index >= 15 is 0 Å². The van der Waals surface area contributed by atoms with Crippen molar-refractivity contribution in [1.82, 2.24) is 25.1 Å². The quantitative estimate of drug-likeness (QED) is 0.0836. The Kier molecular flexibility index (Phi) is 13.2. The number of H-pyrrole nitrogens is 1. The molecular formula is C33H50ClN5O2. The number of aromatic amines is 1. The van der Waals surface area contributed by atoms with Gasteiger partial charge in [-0.1, -0.05) is 129 Å². The summed E-state index contributed by atoms with van der Waals surface area (Å²) in [6.45, 7) is 12.9. The Morgan fingerprint density at radius 1 is 0.902 bits per heavy atom. The van der Waals surface area contributed by atoms with Crippen molar-refractivity contribution in [2.75, 3.05) is 6.54 Å². The molecule has 0 aliphatic rings. The maximum Gasteiger partial charge on any atom is 0.286 e. The van der Waals surface area contributed by atoms with E-state index in [0.29, 0.717) is 28.8 Å². The van der Waals surface area contributed by atoms with Crippen molar-refractivity contribution in [3.63, 3.8) is 0 Å². The van der Waals surface area contributed by atoms with E-state index in [1.165, 1.54) is 81.7 Å². The summed E-state index contributed by atoms with van der Waals surface area (Å²) in [4.78, 5) is 15.6. The summed E-state index contributed by atoms with van der Waals surface area (Å²) in [5.41, 5.74) is 2.14. The molecule has 2 N–H and O–H groups in total. The van der Waals surface area contributed by atoms with Crippen LogP contribution in [0.4, 0.5) is 0 Å². The van der Waals surface area contributed by atoms with E-state index in [9.17, 15) is 4.79 Å². The van der Waals surface area contributed by atoms with Crippen molar-refractivity contribution in [1.29, 1.82) is 0 Å². The van der Waals surface area contributed by atoms with Gasteiger partial charge in [-0.25, -0.2) is 0 Å². The zero-order valence-electron chi connectivity index (χ0n) is 25.7. The molecule has 3 aromatic rings. The van der Waals surface area contributed by atoms with E-state index in [2.05, 4.69) is 54.8 Å². The summed E-state index contributed by atoms with van der Waals surface area (Å²) in [6.07, 6.45) is 18.4. The third kappa shape index (κ3) is 10.5. The molecular weight excluding hydrogens is 534 g/mol. The van der Waals surface area contributed by atoms with Crippen LogP contribution in [-0.2, 0) is 10.2 Å². The first-order valence-corrected chi connectivity index (χ1v) is 16.0. The molecule has 0 unspecified atom stereocenters. The Bertz CT molecular complexity index is 1220. The molecule has 0 spiro atoms. The lowest BCUT2D eigenvalue weighted by Crippen LogP contribution is -2.27. The van der Waals surface area contributed by atoms with Gasteiger partial charge in [-0.3, -0.25) is 4.79 Å². The first-order valence-electron chi connectivity index (χ1n) is 15.6. The Hall–Kier alpha value is -2.80. The van der Waals surface area contributed by atoms with Gasteiger partial charge in [0, 0.05) is 17.5 Å². The molecule has 0 bridgehead atoms. The zero-order valence-corrected chi connectivity index (χ0v) is 26.4. The first kappa shape index (κ1) is 32.7. The standard InChI is InChI=1S/C33H50ClN5O2/c1-6-7-8-9-10-11-12-13-14-15-16-17-18-19-24-35-32(40)25(2)41-27-22-20-26(21-23-27)30-36-31-28(34)29(33(3,4)5)37-39(31)38-30/h20-23H,2,6-19,24H2,1,3-5H3,(H,35,40)(H,36,38). The summed E-state index contributed by atoms with van der Waals surface area (Å²) in [5.74, 6) is 0.988. The Labute approximate surface area is 251 Å². The highest BCUT2D eigenvalue weighted by molar-refractivity contribution is 6.34. The number of unbranched alkanes of at least 4 members (excludes halogenated alkanes) is 13. The molecule has 226 valence electrons. The van der Waals surface area contributed by atoms with Crippen LogP contribution >= 0.6 is 11.6 Å². The number of hydrogen-bond acceptors (Lipinski definition) is 4. The third-order valence-corrected chi connectivity index (χ3v) is 7.75. The van der Waals surface area contributed by atoms with Crippen molar-refractivity contribution < 1.29 is 9.53 Å². The van der Waals surface area contributed by atoms with Crippen LogP contribution < -0.4 is 10.1 Å². The molecule has 0 aliphatic heterocycles. The monoisotopic (exact) mass is 583 g/mol. The van der Waals surface area contributed by atoms with Crippen molar-refractivity contribution >= 4 is 23.2 Å². The van der Waals surface area contributed by atoms with Gasteiger partial charge in [0.05, 0.1) is 5.69 Å². The fourth-order valence-electron chi connectivity index (χ4n) is 4.90. The van der Waals surface area contributed by atoms with E-state index in [-0.39, 0.29) is 17.1 Å². The summed E-state index contributed by atoms with van der Waals surface area (Å²) in [6, 6.07) is 7.31. The number of carbonyl (C=O) groups excluding carboxylic acids is 1. The number of hydrogen-bond donors (Lipinski definition) is 2. The molecule has 0 saturated carbocycles. The molecule has 1 amide bonds. The molecule has 0 aliphatic carbocycles. The van der Waals surface area contributed by atoms with Gasteiger partial charge in [0.15, 0.2) is 17.2 Å². The predicted octanol–water partition coefficient (Wildman–Crippen LogP) is 9.17. The van der Waals surface area contributed by atoms with Gasteiger partial charge in [0.25, 0.3) is 5.91 Å². The molecule has 0 fully saturated rings. The number of ether oxygens (including phenoxy) is 1. The molecule has 8 heteroatoms. The number of aromatic nitrogens is 4. The van der Waals surface area contributed by atoms with E-state index in [1.807, 2.05) is 12.1 Å². The van der Waals surface area contributed by atoms with Gasteiger partial charge in [0.2, 0.25) is 0 Å². The number of halogens is 1. The number of carbonyl (C=O) groups is 1. The van der Waals surface area contributed by atoms with Crippen LogP contribution in [0.2, 0.25) is 5.02 Å². The lowest BCUT2D eigenvalue weighted by Gasteiger charge is -2.14. The number of rotatable bonds is 19. The second-order valence-corrected chi connectivity index (χ2v) is 12.5. The normalized spacial score (nSPS) is 11.7. The van der Waals surface area contributed by atoms with Crippen molar-refractivity contribution in [2.45, 2.75) is 123 Å². The number of benzene rings is 1. The van der Waals surface area contributed by atoms with Crippen LogP contribution in [0.3, 0.4) is 0 Å². The average Bonchev–Trinajstić information content (AvgIpc) is 3.50. The summed E-state index contributed by atoms with van der Waals surface area (Å²) in [7, 11) is 0. The Balaban J connectivity index is 1.28. The molecule has 0 radical (unpaired) electrons. The average molecular weight is 584 g/mol. The topological polar surface area (TPSA) is 84.3 Å². The SMILES string of the molecule is C=C(Oc1ccc(-c2nn3nc(C(C)(C)C)c(Cl)c3[nH]2)cc1)C(=O)NCCCCCCCCCCCCCCCC. The molecule has 41 heavy (non-hydrogen) atoms. The fourth-order valence-corrected chi connectivity index (χ4v) is 5.34. The summed E-state index contributed by atoms with van der Waals surface area (Å²) >= 11 is 6.54. The third-order valence-electron chi connectivity index (χ3n) is 7.39. The maximum absolute atomic E-state index is 12.4. The second-order valence-electron chi connectivity index (χ2n) is 12.1. The van der Waals surface area contributed by atoms with Gasteiger partial charge in [-0.2, -0.15) is 5.10 Å². The lowest BCUT2D eigenvalue weighted by molar-refractivity contribution is -0.119. The van der Waals surface area contributed by atoms with Gasteiger partial charge >= 0.3 is 0 Å². The van der Waals surface area contributed by atoms with E-state index in [1.54, 1.807) is 12.1 Å². The largest absolute Gasteiger partial charge is 0.452 e. The first-order chi connectivity index (χ1) is 19.7. The molecule has 0 saturated heterocycles. The number of nitrogens with one attached hydrogen (secondary N) is 2. The van der Waals surface area contributed by atoms with E-state index < -0.39 is 0 Å². The zero-order chi connectivity index (χ0) is 29.7. The molecule has 3 rings (SSSR count). The van der Waals surface area contributed by atoms with Gasteiger partial charge in [-0.05, 0) is 30.7 Å². The van der Waals surface area contributed by atoms with Crippen LogP contribution in [-0.4, -0.2) is 32.3 Å². The number of nitrogens with zero attached hydrogens (tertiary/aromatic N) is 3. The van der Waals surface area contributed by atoms with Crippen LogP contribution in [0.5, 0.6) is 5.75 Å². The number of fused-ring (bicyclic) bond motifs is 1. The molecule has 7 nitrogen and oxygen atoms in total. The van der Waals surface area contributed by atoms with Gasteiger partial charge < -0.3 is 15.0 Å². The second kappa shape index (κ2) is 16.6. The highest BCUT2D eigenvalue weighted by atomic mass is 35.5. The van der Waals surface area contributed by atoms with Crippen molar-refractivity contribution in [3.05, 3.63) is 47.3 Å². The predicted molar refractivity (Wildman–Crippen MR) is 170 cm³/mol. The molecule has 2 aromatic heterocycles. The molecule has 2 heterocycles. The Morgan fingerprint density at radius 2 is 1.44 bits per heavy atom. The number of amides is 1. The van der Waals surface area contributed by atoms with Crippen LogP contribution in [0.25, 0.3) is 17.0 Å². The highest BCUT2D eigenvalue weighted by Crippen LogP contribution is 2.32. The van der Waals surface area contributed by atoms with Crippen LogP contribution in [0.15, 0.2) is 36.6 Å². The molecule has 1 aromatic carbocycles. The smallest absolute Gasteiger partial charge is 0.286 e. The fraction of sp³-hybridized carbons (Fsp3) is 0.606. The minimum absolute atomic E-state index is 0.0843. The van der Waals surface area contributed by atoms with Crippen molar-refractivity contribution in [2.24, 2.45) is 0 Å². The van der Waals surface area contributed by atoms with Crippen LogP contribution in [0, 0.1) is 0 Å². The van der Waals surface area contributed by atoms with E-state index in [0.717, 1.165) is 24.1 Å². The minimum atomic E-state index is -0.277. The maximum atomic E-state index is 12.4. The summed E-state index contributed by atoms with van der Waals surface area (Å²) in [5, 5.41) is 12.6. The Morgan fingerprint density at radius 3 is 1.95 bits per heavy atom. The van der Waals surface area contributed by atoms with Crippen molar-refractivity contribution in [3.8, 4) is 17.1 Å². The molecule has 0 atom stereocenters. The highest BCUT2D eigenvalue weighted by Gasteiger charge is 2.25. The lowest BCUT2D eigenvalue weighted by atomic mass is 9.92. The van der Waals surface area contributed by atoms with Gasteiger partial charge in [-0.15, -0.1) is 9.73 Å². The summed E-state index contributed by atoms with van der Waals surface area (Å²) < 4.78 is 7.22. The minimum Gasteiger partial charge on any atom is -0.452 e.